The van der Waals surface area contributed by atoms with Crippen LogP contribution in [0.3, 0.4) is 0 Å². The van der Waals surface area contributed by atoms with Crippen molar-refractivity contribution >= 4 is 0 Å². The van der Waals surface area contributed by atoms with Gasteiger partial charge in [0.15, 0.2) is 0 Å². The van der Waals surface area contributed by atoms with Crippen LogP contribution in [-0.4, -0.2) is 18.8 Å². The lowest BCUT2D eigenvalue weighted by molar-refractivity contribution is -0.369. The first-order chi connectivity index (χ1) is 9.58. The van der Waals surface area contributed by atoms with E-state index in [0.717, 1.165) is 25.5 Å². The lowest BCUT2D eigenvalue weighted by Gasteiger charge is -2.41. The molecule has 0 bridgehead atoms. The molecule has 1 aromatic rings. The third-order valence-electron chi connectivity index (χ3n) is 4.97. The molecule has 3 N–H and O–H groups in total. The Kier molecular flexibility index (Phi) is 5.22. The van der Waals surface area contributed by atoms with Crippen molar-refractivity contribution in [1.82, 2.24) is 0 Å². The van der Waals surface area contributed by atoms with Crippen LogP contribution in [0, 0.1) is 12.8 Å². The highest BCUT2D eigenvalue weighted by atomic mass is 16.5. The fourth-order valence-electron chi connectivity index (χ4n) is 3.47. The molecular formula is C18H30NO+. The third kappa shape index (κ3) is 3.62. The lowest BCUT2D eigenvalue weighted by Crippen LogP contribution is -2.51. The number of rotatable bonds is 5. The quantitative estimate of drug-likeness (QED) is 0.880. The van der Waals surface area contributed by atoms with Crippen LogP contribution in [0.25, 0.3) is 0 Å². The zero-order chi connectivity index (χ0) is 14.6. The minimum absolute atomic E-state index is 0.0764. The van der Waals surface area contributed by atoms with Crippen LogP contribution in [0.5, 0.6) is 0 Å². The van der Waals surface area contributed by atoms with Crippen LogP contribution in [0.15, 0.2) is 24.3 Å². The molecule has 1 aliphatic rings. The molecule has 1 fully saturated rings. The average Bonchev–Trinajstić information content (AvgIpc) is 2.46. The molecule has 3 unspecified atom stereocenters. The van der Waals surface area contributed by atoms with E-state index in [2.05, 4.69) is 50.8 Å². The minimum atomic E-state index is 0.0764. The van der Waals surface area contributed by atoms with Gasteiger partial charge in [0.1, 0.15) is 0 Å². The number of hydrogen-bond donors (Lipinski definition) is 1. The van der Waals surface area contributed by atoms with Gasteiger partial charge in [0.25, 0.3) is 0 Å². The number of benzene rings is 1. The third-order valence-corrected chi connectivity index (χ3v) is 4.97. The topological polar surface area (TPSA) is 36.9 Å². The largest absolute Gasteiger partial charge is 0.375 e. The van der Waals surface area contributed by atoms with Crippen LogP contribution in [-0.2, 0) is 4.74 Å². The maximum Gasteiger partial charge on any atom is 0.0745 e. The average molecular weight is 276 g/mol. The van der Waals surface area contributed by atoms with Crippen LogP contribution in [0.4, 0.5) is 0 Å². The minimum Gasteiger partial charge on any atom is -0.375 e. The Morgan fingerprint density at radius 2 is 2.05 bits per heavy atom. The number of quaternary nitrogens is 1. The fraction of sp³-hybridized carbons (Fsp3) is 0.667. The van der Waals surface area contributed by atoms with Crippen molar-refractivity contribution in [2.75, 3.05) is 13.2 Å². The summed E-state index contributed by atoms with van der Waals surface area (Å²) in [4.78, 5) is 0. The molecule has 0 aromatic heterocycles. The Morgan fingerprint density at radius 1 is 1.35 bits per heavy atom. The molecule has 2 rings (SSSR count). The second-order valence-corrected chi connectivity index (χ2v) is 6.56. The second kappa shape index (κ2) is 6.73. The van der Waals surface area contributed by atoms with Gasteiger partial charge in [-0.25, -0.2) is 0 Å². The number of hydrogen-bond acceptors (Lipinski definition) is 1. The monoisotopic (exact) mass is 276 g/mol. The van der Waals surface area contributed by atoms with E-state index in [0.29, 0.717) is 5.92 Å². The Balaban J connectivity index is 2.17. The highest BCUT2D eigenvalue weighted by Gasteiger charge is 2.35. The first-order valence-electron chi connectivity index (χ1n) is 8.08. The molecule has 0 radical (unpaired) electrons. The smallest absolute Gasteiger partial charge is 0.0745 e. The molecular weight excluding hydrogens is 246 g/mol. The van der Waals surface area contributed by atoms with Crippen LogP contribution >= 0.6 is 0 Å². The van der Waals surface area contributed by atoms with Gasteiger partial charge in [0.05, 0.1) is 12.1 Å². The molecule has 112 valence electrons. The van der Waals surface area contributed by atoms with Crippen molar-refractivity contribution < 1.29 is 10.5 Å². The molecule has 0 amide bonds. The summed E-state index contributed by atoms with van der Waals surface area (Å²) in [5.74, 6) is 1.38. The second-order valence-electron chi connectivity index (χ2n) is 6.56. The maximum absolute atomic E-state index is 6.01. The summed E-state index contributed by atoms with van der Waals surface area (Å²) in [6.07, 6.45) is 4.66. The van der Waals surface area contributed by atoms with Gasteiger partial charge in [-0.1, -0.05) is 36.8 Å². The zero-order valence-corrected chi connectivity index (χ0v) is 13.3. The molecule has 1 saturated heterocycles. The van der Waals surface area contributed by atoms with E-state index in [-0.39, 0.29) is 5.60 Å². The molecule has 1 aliphatic heterocycles. The van der Waals surface area contributed by atoms with Gasteiger partial charge in [0, 0.05) is 13.0 Å². The van der Waals surface area contributed by atoms with Gasteiger partial charge in [-0.15, -0.1) is 0 Å². The summed E-state index contributed by atoms with van der Waals surface area (Å²) in [6.45, 7) is 8.59. The van der Waals surface area contributed by atoms with Gasteiger partial charge in [-0.2, -0.15) is 0 Å². The van der Waals surface area contributed by atoms with E-state index >= 15 is 0 Å². The van der Waals surface area contributed by atoms with Crippen LogP contribution < -0.4 is 5.73 Å². The van der Waals surface area contributed by atoms with Gasteiger partial charge in [-0.05, 0) is 50.5 Å². The SMILES string of the molecule is CCC1(C)CC(C(CC[NH3+])c2ccc(C)cc2)CCO1. The predicted molar refractivity (Wildman–Crippen MR) is 83.7 cm³/mol. The summed E-state index contributed by atoms with van der Waals surface area (Å²) in [6, 6.07) is 9.11. The van der Waals surface area contributed by atoms with Gasteiger partial charge in [0.2, 0.25) is 0 Å². The molecule has 2 nitrogen and oxygen atoms in total. The summed E-state index contributed by atoms with van der Waals surface area (Å²) >= 11 is 0. The Labute approximate surface area is 123 Å². The van der Waals surface area contributed by atoms with Gasteiger partial charge in [-0.3, -0.25) is 0 Å². The summed E-state index contributed by atoms with van der Waals surface area (Å²) < 4.78 is 6.01. The molecule has 1 aromatic carbocycles. The van der Waals surface area contributed by atoms with Crippen molar-refractivity contribution in [2.45, 2.75) is 58.0 Å². The zero-order valence-electron chi connectivity index (χ0n) is 13.3. The van der Waals surface area contributed by atoms with Gasteiger partial charge >= 0.3 is 0 Å². The summed E-state index contributed by atoms with van der Waals surface area (Å²) in [5.41, 5.74) is 7.00. The molecule has 1 heterocycles. The maximum atomic E-state index is 6.01. The van der Waals surface area contributed by atoms with E-state index in [4.69, 9.17) is 4.74 Å². The van der Waals surface area contributed by atoms with E-state index in [1.807, 2.05) is 0 Å². The summed E-state index contributed by atoms with van der Waals surface area (Å²) in [7, 11) is 0. The van der Waals surface area contributed by atoms with E-state index < -0.39 is 0 Å². The molecule has 0 aliphatic carbocycles. The van der Waals surface area contributed by atoms with Crippen molar-refractivity contribution in [3.8, 4) is 0 Å². The van der Waals surface area contributed by atoms with Crippen molar-refractivity contribution in [1.29, 1.82) is 0 Å². The predicted octanol–water partition coefficient (Wildman–Crippen LogP) is 3.31. The fourth-order valence-corrected chi connectivity index (χ4v) is 3.47. The van der Waals surface area contributed by atoms with Crippen molar-refractivity contribution in [3.05, 3.63) is 35.4 Å². The molecule has 20 heavy (non-hydrogen) atoms. The first kappa shape index (κ1) is 15.5. The van der Waals surface area contributed by atoms with E-state index in [1.165, 1.54) is 30.4 Å². The normalized spacial score (nSPS) is 28.3. The molecule has 3 atom stereocenters. The highest BCUT2D eigenvalue weighted by molar-refractivity contribution is 5.25. The van der Waals surface area contributed by atoms with Gasteiger partial charge < -0.3 is 10.5 Å². The molecule has 2 heteroatoms. The number of aryl methyl sites for hydroxylation is 1. The van der Waals surface area contributed by atoms with Crippen LogP contribution in [0.2, 0.25) is 0 Å². The molecule has 0 saturated carbocycles. The van der Waals surface area contributed by atoms with Crippen molar-refractivity contribution in [3.63, 3.8) is 0 Å². The Morgan fingerprint density at radius 3 is 2.65 bits per heavy atom. The van der Waals surface area contributed by atoms with Crippen LogP contribution in [0.1, 0.15) is 56.6 Å². The lowest BCUT2D eigenvalue weighted by atomic mass is 9.74. The summed E-state index contributed by atoms with van der Waals surface area (Å²) in [5, 5.41) is 0. The van der Waals surface area contributed by atoms with E-state index in [9.17, 15) is 0 Å². The standard InChI is InChI=1S/C18H29NO/c1-4-18(3)13-16(10-12-20-18)17(9-11-19)15-7-5-14(2)6-8-15/h5-8,16-17H,4,9-13,19H2,1-3H3/p+1. The highest BCUT2D eigenvalue weighted by Crippen LogP contribution is 2.41. The molecule has 0 spiro atoms. The first-order valence-corrected chi connectivity index (χ1v) is 8.08. The Hall–Kier alpha value is -0.860. The van der Waals surface area contributed by atoms with Crippen molar-refractivity contribution in [2.24, 2.45) is 5.92 Å². The Bertz CT molecular complexity index is 414. The van der Waals surface area contributed by atoms with E-state index in [1.54, 1.807) is 0 Å². The number of ether oxygens (including phenoxy) is 1.